The van der Waals surface area contributed by atoms with Gasteiger partial charge in [-0.15, -0.1) is 0 Å². The molecule has 6 aromatic rings. The number of esters is 2. The third-order valence-corrected chi connectivity index (χ3v) is 17.5. The number of nitrogens with zero attached hydrogens (tertiary/aromatic N) is 12. The number of nitrogens with one attached hydrogen (secondary N) is 2. The largest absolute Gasteiger partial charge is 0.480 e. The number of fused-ring (bicyclic) bond motifs is 3. The van der Waals surface area contributed by atoms with Crippen LogP contribution in [0.3, 0.4) is 0 Å². The Morgan fingerprint density at radius 3 is 1.18 bits per heavy atom. The Kier molecular flexibility index (Phi) is 25.5. The number of aliphatic carboxylic acids is 1. The van der Waals surface area contributed by atoms with Crippen LogP contribution in [0.2, 0.25) is 20.4 Å². The minimum Gasteiger partial charge on any atom is -0.480 e. The fourth-order valence-corrected chi connectivity index (χ4v) is 12.0. The van der Waals surface area contributed by atoms with E-state index in [4.69, 9.17) is 75.8 Å². The number of aromatic nitrogens is 9. The monoisotopic (exact) mass is 1420 g/mol. The van der Waals surface area contributed by atoms with Crippen LogP contribution in [0.1, 0.15) is 125 Å². The van der Waals surface area contributed by atoms with Crippen molar-refractivity contribution in [3.63, 3.8) is 0 Å². The summed E-state index contributed by atoms with van der Waals surface area (Å²) in [5.74, 6) is -0.909. The fourth-order valence-electron chi connectivity index (χ4n) is 11.3. The van der Waals surface area contributed by atoms with Crippen molar-refractivity contribution >= 4 is 94.3 Å². The molecule has 3 saturated heterocycles. The third kappa shape index (κ3) is 19.5. The van der Waals surface area contributed by atoms with E-state index in [0.29, 0.717) is 127 Å². The molecule has 0 bridgehead atoms. The molecule has 27 nitrogen and oxygen atoms in total. The Morgan fingerprint density at radius 2 is 0.856 bits per heavy atom. The molecule has 526 valence electrons. The van der Waals surface area contributed by atoms with Gasteiger partial charge in [0.25, 0.3) is 0 Å². The predicted molar refractivity (Wildman–Crippen MR) is 367 cm³/mol. The van der Waals surface area contributed by atoms with Gasteiger partial charge in [-0.25, -0.2) is 58.7 Å². The van der Waals surface area contributed by atoms with Crippen LogP contribution in [0.15, 0.2) is 55.4 Å². The Bertz CT molecular complexity index is 3780. The average Bonchev–Trinajstić information content (AvgIpc) is 1.77. The number of hydrogen-bond donors (Lipinski definition) is 4. The van der Waals surface area contributed by atoms with Crippen molar-refractivity contribution in [1.82, 2.24) is 58.3 Å². The molecule has 12 rings (SSSR count). The minimum absolute atomic E-state index is 0. The second-order valence-electron chi connectivity index (χ2n) is 26.0. The summed E-state index contributed by atoms with van der Waals surface area (Å²) in [5.41, 5.74) is 10.4. The molecule has 5 N–H and O–H groups in total. The third-order valence-electron chi connectivity index (χ3n) is 16.5. The molecule has 3 amide bonds. The van der Waals surface area contributed by atoms with Gasteiger partial charge >= 0.3 is 36.0 Å². The zero-order valence-corrected chi connectivity index (χ0v) is 58.3. The molecular weight excluding hydrogens is 1340 g/mol. The van der Waals surface area contributed by atoms with E-state index in [0.717, 1.165) is 74.4 Å². The number of halogens is 4. The lowest BCUT2D eigenvalue weighted by atomic mass is 10.1. The number of nitrogens with two attached hydrogens (primary N) is 1. The molecule has 0 unspecified atom stereocenters. The molecule has 31 heteroatoms. The van der Waals surface area contributed by atoms with Gasteiger partial charge in [-0.2, -0.15) is 0 Å². The standard InChI is InChI=1S/C23H30ClN5O4.C19H22ClN5O4.C18H20Cl2N4O3.C5H11NO.CH4/c1-14(20(30)33-23(2,3)4)28-8-5-17-11-15(13-29(17)22(28)31)19-18(24)12-25-21(27-19)26-16-6-9-32-10-7-16;1-11(17(26)27)24-5-2-14-8-12(10-25(14)19(24)28)16-15(20)9-21-18(23-16)22-13-3-6-29-7-4-13;1-10(15(25)27-18(2,3)4)23-6-5-12-7-11(9-24(12)17(23)26)14-13(19)8-21-16(20)22-14;6-5-1-3-7-4-2-5;/h11-14,16H,5-10H2,1-4H3,(H,25,26,27);8-11,13H,2-7H2,1H3,(H,26,27)(H,21,22,23);7-10H,5-6H2,1-4H3;5H,1-4,6H2;1H4/t14-;11-;10-;;/m111../s1. The Balaban J connectivity index is 0.000000176. The number of hydrogen-bond acceptors (Lipinski definition) is 20. The van der Waals surface area contributed by atoms with Crippen LogP contribution in [0.25, 0.3) is 33.8 Å². The van der Waals surface area contributed by atoms with Crippen LogP contribution in [0.5, 0.6) is 0 Å². The van der Waals surface area contributed by atoms with Crippen molar-refractivity contribution in [1.29, 1.82) is 0 Å². The Hall–Kier alpha value is -7.50. The van der Waals surface area contributed by atoms with E-state index < -0.39 is 47.2 Å². The van der Waals surface area contributed by atoms with Gasteiger partial charge in [-0.3, -0.25) is 13.7 Å². The second kappa shape index (κ2) is 32.9. The maximum absolute atomic E-state index is 13.2. The predicted octanol–water partition coefficient (Wildman–Crippen LogP) is 10.8. The molecule has 3 atom stereocenters. The van der Waals surface area contributed by atoms with Gasteiger partial charge in [0.15, 0.2) is 0 Å². The van der Waals surface area contributed by atoms with E-state index in [9.17, 15) is 33.9 Å². The molecule has 0 aromatic carbocycles. The van der Waals surface area contributed by atoms with E-state index in [-0.39, 0.29) is 42.9 Å². The Morgan fingerprint density at radius 1 is 0.536 bits per heavy atom. The normalized spacial score (nSPS) is 17.8. The van der Waals surface area contributed by atoms with Crippen molar-refractivity contribution < 1.29 is 57.6 Å². The van der Waals surface area contributed by atoms with Gasteiger partial charge in [0, 0.05) is 149 Å². The molecule has 6 aliphatic heterocycles. The highest BCUT2D eigenvalue weighted by Gasteiger charge is 2.37. The summed E-state index contributed by atoms with van der Waals surface area (Å²) < 4.78 is 31.2. The topological polar surface area (TPSA) is 321 Å². The number of carboxylic acid groups (broad SMARTS) is 1. The van der Waals surface area contributed by atoms with E-state index in [1.807, 2.05) is 39.0 Å². The van der Waals surface area contributed by atoms with E-state index in [1.165, 1.54) is 37.0 Å². The van der Waals surface area contributed by atoms with E-state index in [1.54, 1.807) is 70.2 Å². The first-order chi connectivity index (χ1) is 45.5. The summed E-state index contributed by atoms with van der Waals surface area (Å²) in [6.45, 7) is 21.4. The molecule has 3 fully saturated rings. The molecule has 6 aliphatic rings. The number of ether oxygens (including phenoxy) is 5. The summed E-state index contributed by atoms with van der Waals surface area (Å²) in [6.07, 6.45) is 16.9. The average molecular weight is 1420 g/mol. The number of anilines is 2. The zero-order chi connectivity index (χ0) is 69.3. The van der Waals surface area contributed by atoms with E-state index >= 15 is 0 Å². The quantitative estimate of drug-likeness (QED) is 0.0616. The molecule has 0 saturated carbocycles. The highest BCUT2D eigenvalue weighted by molar-refractivity contribution is 6.34. The smallest absolute Gasteiger partial charge is 0.329 e. The van der Waals surface area contributed by atoms with Gasteiger partial charge in [-0.05, 0) is 131 Å². The number of carboxylic acids is 1. The zero-order valence-electron chi connectivity index (χ0n) is 55.3. The van der Waals surface area contributed by atoms with Crippen molar-refractivity contribution in [2.24, 2.45) is 5.73 Å². The number of carbonyl (C=O) groups is 6. The van der Waals surface area contributed by atoms with Gasteiger partial charge in [0.2, 0.25) is 17.2 Å². The fraction of sp³-hybridized carbons (Fsp3) is 0.545. The summed E-state index contributed by atoms with van der Waals surface area (Å²) in [4.78, 5) is 105. The lowest BCUT2D eigenvalue weighted by Gasteiger charge is -2.33. The molecule has 97 heavy (non-hydrogen) atoms. The van der Waals surface area contributed by atoms with Crippen LogP contribution in [-0.4, -0.2) is 206 Å². The first-order valence-corrected chi connectivity index (χ1v) is 33.5. The molecular formula is C66H87Cl4N15O12. The number of rotatable bonds is 13. The molecule has 0 aliphatic carbocycles. The number of carbonyl (C=O) groups excluding carboxylic acids is 5. The molecule has 0 radical (unpaired) electrons. The van der Waals surface area contributed by atoms with Gasteiger partial charge < -0.3 is 59.9 Å². The van der Waals surface area contributed by atoms with Crippen LogP contribution < -0.4 is 16.4 Å². The maximum atomic E-state index is 13.2. The van der Waals surface area contributed by atoms with Crippen LogP contribution in [0.4, 0.5) is 26.3 Å². The van der Waals surface area contributed by atoms with Crippen molar-refractivity contribution in [2.45, 2.75) is 175 Å². The summed E-state index contributed by atoms with van der Waals surface area (Å²) in [6, 6.07) is 3.34. The summed E-state index contributed by atoms with van der Waals surface area (Å²) in [5, 5.41) is 17.1. The van der Waals surface area contributed by atoms with Gasteiger partial charge in [0.05, 0.1) is 50.7 Å². The van der Waals surface area contributed by atoms with Gasteiger partial charge in [0.1, 0.15) is 29.3 Å². The second-order valence-corrected chi connectivity index (χ2v) is 27.6. The molecule has 12 heterocycles. The maximum Gasteiger partial charge on any atom is 0.329 e. The minimum atomic E-state index is -1.03. The van der Waals surface area contributed by atoms with Crippen molar-refractivity contribution in [3.05, 3.63) is 92.8 Å². The van der Waals surface area contributed by atoms with Crippen LogP contribution in [0, 0.1) is 0 Å². The van der Waals surface area contributed by atoms with Crippen molar-refractivity contribution in [3.8, 4) is 33.8 Å². The van der Waals surface area contributed by atoms with Crippen molar-refractivity contribution in [2.75, 3.05) is 69.9 Å². The lowest BCUT2D eigenvalue weighted by molar-refractivity contribution is -0.160. The van der Waals surface area contributed by atoms with Crippen LogP contribution in [-0.2, 0) is 57.3 Å². The van der Waals surface area contributed by atoms with Crippen LogP contribution >= 0.6 is 46.4 Å². The summed E-state index contributed by atoms with van der Waals surface area (Å²) >= 11 is 24.8. The van der Waals surface area contributed by atoms with E-state index in [2.05, 4.69) is 40.5 Å². The molecule has 6 aromatic heterocycles. The highest BCUT2D eigenvalue weighted by Crippen LogP contribution is 2.34. The molecule has 0 spiro atoms. The number of amides is 3. The highest BCUT2D eigenvalue weighted by atomic mass is 35.5. The van der Waals surface area contributed by atoms with Gasteiger partial charge in [-0.1, -0.05) is 42.2 Å². The Labute approximate surface area is 584 Å². The first-order valence-electron chi connectivity index (χ1n) is 32.0. The SMILES string of the molecule is C.C[C@H](C(=O)O)N1CCc2cc(-c3nc(NC4CCOCC4)ncc3Cl)cn2C1=O.C[C@H](C(=O)OC(C)(C)C)N1CCc2cc(-c3nc(Cl)ncc3Cl)cn2C1=O.C[C@H](C(=O)OC(C)(C)C)N1CCc2cc(-c3nc(NC4CCOCC4)ncc3Cl)cn2C1=O.NC1CCOCC1. The summed E-state index contributed by atoms with van der Waals surface area (Å²) in [7, 11) is 0. The first kappa shape index (κ1) is 75.3. The lowest BCUT2D eigenvalue weighted by Crippen LogP contribution is -2.50.